The molecule has 0 radical (unpaired) electrons. The monoisotopic (exact) mass is 277 g/mol. The third-order valence-electron chi connectivity index (χ3n) is 4.43. The van der Waals surface area contributed by atoms with Gasteiger partial charge in [-0.15, -0.1) is 11.8 Å². The van der Waals surface area contributed by atoms with E-state index in [-0.39, 0.29) is 0 Å². The molecule has 2 nitrogen and oxygen atoms in total. The van der Waals surface area contributed by atoms with Crippen LogP contribution in [-0.2, 0) is 0 Å². The van der Waals surface area contributed by atoms with Crippen molar-refractivity contribution in [1.82, 2.24) is 4.90 Å². The van der Waals surface area contributed by atoms with Crippen LogP contribution in [0.4, 0.5) is 0 Å². The summed E-state index contributed by atoms with van der Waals surface area (Å²) in [4.78, 5) is 4.11. The van der Waals surface area contributed by atoms with Crippen molar-refractivity contribution in [2.45, 2.75) is 43.0 Å². The second-order valence-corrected chi connectivity index (χ2v) is 6.57. The lowest BCUT2D eigenvalue weighted by Gasteiger charge is -2.44. The average molecular weight is 277 g/mol. The van der Waals surface area contributed by atoms with Gasteiger partial charge in [-0.25, -0.2) is 0 Å². The van der Waals surface area contributed by atoms with E-state index in [1.807, 2.05) is 11.8 Å². The standard InChI is InChI=1S/C16H23NOS/c1-3-9-17-10-5-7-12-13-6-4-8-15(18-2)16(13)19-11-14(12)17/h4,6,8,12,14H,3,5,7,9-11H2,1-2H3/t12-,14-/m0/s1. The highest BCUT2D eigenvalue weighted by atomic mass is 32.2. The number of ether oxygens (including phenoxy) is 1. The lowest BCUT2D eigenvalue weighted by atomic mass is 9.83. The van der Waals surface area contributed by atoms with E-state index in [0.717, 1.165) is 11.8 Å². The molecule has 104 valence electrons. The first-order valence-electron chi connectivity index (χ1n) is 7.39. The summed E-state index contributed by atoms with van der Waals surface area (Å²) in [6.07, 6.45) is 3.94. The predicted octanol–water partition coefficient (Wildman–Crippen LogP) is 3.76. The second kappa shape index (κ2) is 5.76. The fourth-order valence-electron chi connectivity index (χ4n) is 3.58. The topological polar surface area (TPSA) is 12.5 Å². The molecule has 2 aliphatic rings. The number of nitrogens with zero attached hydrogens (tertiary/aromatic N) is 1. The molecule has 0 aliphatic carbocycles. The highest BCUT2D eigenvalue weighted by Gasteiger charge is 2.37. The Morgan fingerprint density at radius 3 is 3.11 bits per heavy atom. The number of hydrogen-bond acceptors (Lipinski definition) is 3. The maximum atomic E-state index is 5.53. The minimum absolute atomic E-state index is 0.714. The zero-order valence-corrected chi connectivity index (χ0v) is 12.7. The van der Waals surface area contributed by atoms with E-state index in [1.165, 1.54) is 48.6 Å². The van der Waals surface area contributed by atoms with Crippen molar-refractivity contribution < 1.29 is 4.74 Å². The molecule has 1 fully saturated rings. The Morgan fingerprint density at radius 2 is 2.32 bits per heavy atom. The first-order chi connectivity index (χ1) is 9.35. The molecule has 1 saturated heterocycles. The predicted molar refractivity (Wildman–Crippen MR) is 81.3 cm³/mol. The molecule has 0 unspecified atom stereocenters. The minimum Gasteiger partial charge on any atom is -0.496 e. The Labute approximate surface area is 120 Å². The fourth-order valence-corrected chi connectivity index (χ4v) is 5.05. The molecule has 2 aliphatic heterocycles. The maximum Gasteiger partial charge on any atom is 0.132 e. The molecule has 0 bridgehead atoms. The van der Waals surface area contributed by atoms with Gasteiger partial charge in [0, 0.05) is 17.7 Å². The van der Waals surface area contributed by atoms with E-state index in [9.17, 15) is 0 Å². The van der Waals surface area contributed by atoms with Gasteiger partial charge in [0.15, 0.2) is 0 Å². The highest BCUT2D eigenvalue weighted by molar-refractivity contribution is 7.99. The molecule has 0 saturated carbocycles. The van der Waals surface area contributed by atoms with E-state index in [0.29, 0.717) is 5.92 Å². The lowest BCUT2D eigenvalue weighted by molar-refractivity contribution is 0.139. The number of benzene rings is 1. The molecule has 3 heteroatoms. The molecule has 0 spiro atoms. The SMILES string of the molecule is CCCN1CCC[C@H]2c3cccc(OC)c3SC[C@@H]21. The number of methoxy groups -OCH3 is 1. The lowest BCUT2D eigenvalue weighted by Crippen LogP contribution is -2.47. The fraction of sp³-hybridized carbons (Fsp3) is 0.625. The molecule has 1 aromatic rings. The van der Waals surface area contributed by atoms with Gasteiger partial charge in [-0.2, -0.15) is 0 Å². The quantitative estimate of drug-likeness (QED) is 0.834. The zero-order valence-electron chi connectivity index (χ0n) is 11.9. The molecule has 2 heterocycles. The molecule has 0 amide bonds. The van der Waals surface area contributed by atoms with Crippen LogP contribution >= 0.6 is 11.8 Å². The van der Waals surface area contributed by atoms with Gasteiger partial charge < -0.3 is 4.74 Å². The summed E-state index contributed by atoms with van der Waals surface area (Å²) in [5.41, 5.74) is 1.53. The summed E-state index contributed by atoms with van der Waals surface area (Å²) in [5, 5.41) is 0. The van der Waals surface area contributed by atoms with E-state index in [1.54, 1.807) is 7.11 Å². The summed E-state index contributed by atoms with van der Waals surface area (Å²) in [6.45, 7) is 4.83. The number of piperidine rings is 1. The summed E-state index contributed by atoms with van der Waals surface area (Å²) in [5.74, 6) is 3.00. The Hall–Kier alpha value is -0.670. The molecule has 19 heavy (non-hydrogen) atoms. The number of fused-ring (bicyclic) bond motifs is 3. The van der Waals surface area contributed by atoms with Crippen LogP contribution in [0.25, 0.3) is 0 Å². The van der Waals surface area contributed by atoms with Crippen LogP contribution in [0.3, 0.4) is 0 Å². The number of rotatable bonds is 3. The van der Waals surface area contributed by atoms with Gasteiger partial charge in [-0.1, -0.05) is 19.1 Å². The second-order valence-electron chi connectivity index (χ2n) is 5.54. The van der Waals surface area contributed by atoms with Crippen LogP contribution in [0.15, 0.2) is 23.1 Å². The molecular formula is C16H23NOS. The third kappa shape index (κ3) is 2.38. The Balaban J connectivity index is 1.92. The van der Waals surface area contributed by atoms with Crippen molar-refractivity contribution in [2.75, 3.05) is 26.0 Å². The molecule has 3 rings (SSSR count). The van der Waals surface area contributed by atoms with Crippen LogP contribution in [0.2, 0.25) is 0 Å². The van der Waals surface area contributed by atoms with Crippen molar-refractivity contribution in [3.05, 3.63) is 23.8 Å². The maximum absolute atomic E-state index is 5.53. The van der Waals surface area contributed by atoms with Crippen LogP contribution < -0.4 is 4.74 Å². The largest absolute Gasteiger partial charge is 0.496 e. The van der Waals surface area contributed by atoms with Gasteiger partial charge >= 0.3 is 0 Å². The van der Waals surface area contributed by atoms with Gasteiger partial charge in [0.1, 0.15) is 5.75 Å². The van der Waals surface area contributed by atoms with Gasteiger partial charge in [-0.3, -0.25) is 4.90 Å². The summed E-state index contributed by atoms with van der Waals surface area (Å²) < 4.78 is 5.53. The smallest absolute Gasteiger partial charge is 0.132 e. The van der Waals surface area contributed by atoms with Crippen LogP contribution in [-0.4, -0.2) is 36.9 Å². The summed E-state index contributed by atoms with van der Waals surface area (Å²) in [6, 6.07) is 7.30. The first-order valence-corrected chi connectivity index (χ1v) is 8.37. The average Bonchev–Trinajstić information content (AvgIpc) is 2.47. The van der Waals surface area contributed by atoms with Crippen molar-refractivity contribution in [2.24, 2.45) is 0 Å². The van der Waals surface area contributed by atoms with Gasteiger partial charge in [0.2, 0.25) is 0 Å². The molecule has 0 aromatic heterocycles. The van der Waals surface area contributed by atoms with Crippen molar-refractivity contribution in [3.63, 3.8) is 0 Å². The molecule has 1 aromatic carbocycles. The van der Waals surface area contributed by atoms with E-state index >= 15 is 0 Å². The Morgan fingerprint density at radius 1 is 1.42 bits per heavy atom. The Kier molecular flexibility index (Phi) is 4.04. The van der Waals surface area contributed by atoms with Crippen LogP contribution in [0.5, 0.6) is 5.75 Å². The van der Waals surface area contributed by atoms with E-state index in [2.05, 4.69) is 30.0 Å². The number of hydrogen-bond donors (Lipinski definition) is 0. The normalized spacial score (nSPS) is 26.6. The number of likely N-dealkylation sites (tertiary alicyclic amines) is 1. The third-order valence-corrected chi connectivity index (χ3v) is 5.67. The minimum atomic E-state index is 0.714. The van der Waals surface area contributed by atoms with E-state index < -0.39 is 0 Å². The van der Waals surface area contributed by atoms with Gasteiger partial charge in [0.25, 0.3) is 0 Å². The zero-order chi connectivity index (χ0) is 13.2. The van der Waals surface area contributed by atoms with Crippen molar-refractivity contribution in [3.8, 4) is 5.75 Å². The first kappa shape index (κ1) is 13.3. The summed E-state index contributed by atoms with van der Waals surface area (Å²) >= 11 is 1.99. The molecule has 0 N–H and O–H groups in total. The Bertz CT molecular complexity index is 446. The van der Waals surface area contributed by atoms with Crippen LogP contribution in [0, 0.1) is 0 Å². The van der Waals surface area contributed by atoms with Gasteiger partial charge in [0.05, 0.1) is 12.0 Å². The number of thioether (sulfide) groups is 1. The van der Waals surface area contributed by atoms with Crippen molar-refractivity contribution >= 4 is 11.8 Å². The summed E-state index contributed by atoms with van der Waals surface area (Å²) in [7, 11) is 1.78. The molecule has 2 atom stereocenters. The van der Waals surface area contributed by atoms with Crippen molar-refractivity contribution in [1.29, 1.82) is 0 Å². The van der Waals surface area contributed by atoms with E-state index in [4.69, 9.17) is 4.74 Å². The van der Waals surface area contributed by atoms with Gasteiger partial charge in [-0.05, 0) is 44.0 Å². The molecular weight excluding hydrogens is 254 g/mol. The van der Waals surface area contributed by atoms with Crippen LogP contribution in [0.1, 0.15) is 37.7 Å². The highest BCUT2D eigenvalue weighted by Crippen LogP contribution is 2.47.